The third-order valence-electron chi connectivity index (χ3n) is 0.877. The van der Waals surface area contributed by atoms with E-state index in [1.165, 1.54) is 0 Å². The van der Waals surface area contributed by atoms with Crippen molar-refractivity contribution in [2.45, 2.75) is 16.5 Å². The van der Waals surface area contributed by atoms with Gasteiger partial charge in [0.2, 0.25) is 0 Å². The standard InChI is InChI=1S/3CHF3O3S.H2O.Yb/c3*2-1(3,4)8(5,6)7;;/h3*(H,5,6,7);1H2;. The van der Waals surface area contributed by atoms with Gasteiger partial charge in [-0.2, -0.15) is 64.8 Å². The zero-order chi connectivity index (χ0) is 21.0. The SMILES string of the molecule is O.O=S(=O)(O)C(F)(F)F.O=S(=O)(O)C(F)(F)F.O=S(=O)(O)C(F)(F)F.[Yb]. The van der Waals surface area contributed by atoms with Crippen LogP contribution in [0.5, 0.6) is 0 Å². The largest absolute Gasteiger partial charge is 0.522 e. The molecule has 0 aromatic carbocycles. The first-order valence-corrected chi connectivity index (χ1v) is 8.18. The van der Waals surface area contributed by atoms with Gasteiger partial charge in [-0.1, -0.05) is 0 Å². The van der Waals surface area contributed by atoms with Crippen molar-refractivity contribution in [1.82, 2.24) is 0 Å². The van der Waals surface area contributed by atoms with Gasteiger partial charge in [0.25, 0.3) is 0 Å². The van der Waals surface area contributed by atoms with Crippen LogP contribution in [0.3, 0.4) is 0 Å². The summed E-state index contributed by atoms with van der Waals surface area (Å²) in [5, 5.41) is 0. The summed E-state index contributed by atoms with van der Waals surface area (Å²) >= 11 is 0. The third-order valence-corrected chi connectivity index (χ3v) is 2.63. The maximum Gasteiger partial charge on any atom is 0.522 e. The molecule has 23 heteroatoms. The van der Waals surface area contributed by atoms with Gasteiger partial charge in [0, 0.05) is 46.9 Å². The molecule has 172 valence electrons. The van der Waals surface area contributed by atoms with E-state index in [1.54, 1.807) is 0 Å². The van der Waals surface area contributed by atoms with Gasteiger partial charge in [-0.15, -0.1) is 0 Å². The fourth-order valence-electron chi connectivity index (χ4n) is 0. The van der Waals surface area contributed by atoms with Crippen molar-refractivity contribution in [3.8, 4) is 0 Å². The van der Waals surface area contributed by atoms with Crippen LogP contribution >= 0.6 is 0 Å². The Bertz CT molecular complexity index is 598. The number of rotatable bonds is 0. The molecule has 10 nitrogen and oxygen atoms in total. The van der Waals surface area contributed by atoms with Gasteiger partial charge in [0.15, 0.2) is 0 Å². The summed E-state index contributed by atoms with van der Waals surface area (Å²) in [5.41, 5.74) is -16.6. The van der Waals surface area contributed by atoms with E-state index in [1.807, 2.05) is 0 Å². The molecular formula is C3H5F9O10S3Yb. The third kappa shape index (κ3) is 18.0. The maximum atomic E-state index is 10.7. The van der Waals surface area contributed by atoms with Crippen LogP contribution in [0.2, 0.25) is 0 Å². The molecule has 0 heterocycles. The zero-order valence-electron chi connectivity index (χ0n) is 10.7. The van der Waals surface area contributed by atoms with Gasteiger partial charge in [-0.3, -0.25) is 13.7 Å². The molecule has 0 aliphatic carbocycles. The summed E-state index contributed by atoms with van der Waals surface area (Å²) in [6.07, 6.45) is 0. The Balaban J connectivity index is -0.0000000817. The van der Waals surface area contributed by atoms with Gasteiger partial charge in [0.05, 0.1) is 0 Å². The average molecular weight is 641 g/mol. The van der Waals surface area contributed by atoms with Crippen molar-refractivity contribution in [2.24, 2.45) is 0 Å². The minimum absolute atomic E-state index is 0. The molecule has 0 fully saturated rings. The van der Waals surface area contributed by atoms with E-state index in [0.717, 1.165) is 0 Å². The van der Waals surface area contributed by atoms with Crippen molar-refractivity contribution in [2.75, 3.05) is 0 Å². The quantitative estimate of drug-likeness (QED) is 0.190. The summed E-state index contributed by atoms with van der Waals surface area (Å²) in [6.45, 7) is 0. The molecule has 0 aliphatic rings. The van der Waals surface area contributed by atoms with Gasteiger partial charge < -0.3 is 5.48 Å². The van der Waals surface area contributed by atoms with Crippen LogP contribution in [0.1, 0.15) is 0 Å². The molecule has 0 bridgehead atoms. The van der Waals surface area contributed by atoms with Crippen molar-refractivity contribution in [3.63, 3.8) is 0 Å². The molecule has 0 amide bonds. The number of hydrogen-bond donors (Lipinski definition) is 3. The predicted molar refractivity (Wildman–Crippen MR) is 56.4 cm³/mol. The molecule has 0 rings (SSSR count). The molecule has 0 atom stereocenters. The normalized spacial score (nSPS) is 12.9. The van der Waals surface area contributed by atoms with E-state index in [-0.39, 0.29) is 52.4 Å². The second-order valence-corrected chi connectivity index (χ2v) is 7.00. The molecule has 0 spiro atoms. The Morgan fingerprint density at radius 3 is 0.500 bits per heavy atom. The van der Waals surface area contributed by atoms with Crippen LogP contribution < -0.4 is 0 Å². The van der Waals surface area contributed by atoms with E-state index < -0.39 is 46.9 Å². The van der Waals surface area contributed by atoms with Gasteiger partial charge in [-0.25, -0.2) is 0 Å². The Kier molecular flexibility index (Phi) is 16.6. The average Bonchev–Trinajstić information content (AvgIpc) is 2.08. The molecule has 0 aromatic rings. The second-order valence-electron chi connectivity index (χ2n) is 2.76. The number of halogens is 9. The van der Waals surface area contributed by atoms with Crippen LogP contribution in [0.25, 0.3) is 0 Å². The van der Waals surface area contributed by atoms with Crippen LogP contribution in [0.15, 0.2) is 0 Å². The van der Waals surface area contributed by atoms with Crippen LogP contribution in [0, 0.1) is 46.9 Å². The summed E-state index contributed by atoms with van der Waals surface area (Å²) in [5.74, 6) is 0. The molecule has 0 aromatic heterocycles. The van der Waals surface area contributed by atoms with Crippen molar-refractivity contribution >= 4 is 30.4 Å². The summed E-state index contributed by atoms with van der Waals surface area (Å²) < 4.78 is 173. The first-order valence-electron chi connectivity index (χ1n) is 3.86. The molecule has 0 saturated heterocycles. The fraction of sp³-hybridized carbons (Fsp3) is 1.00. The minimum atomic E-state index is -5.84. The van der Waals surface area contributed by atoms with Gasteiger partial charge >= 0.3 is 46.9 Å². The zero-order valence-corrected chi connectivity index (χ0v) is 14.8. The fourth-order valence-corrected chi connectivity index (χ4v) is 0. The second kappa shape index (κ2) is 11.5. The molecule has 0 unspecified atom stereocenters. The van der Waals surface area contributed by atoms with Crippen LogP contribution in [-0.2, 0) is 30.4 Å². The van der Waals surface area contributed by atoms with Crippen molar-refractivity contribution < 1.29 is 131 Å². The van der Waals surface area contributed by atoms with Gasteiger partial charge in [0.1, 0.15) is 0 Å². The summed E-state index contributed by atoms with van der Waals surface area (Å²) in [7, 11) is -17.5. The van der Waals surface area contributed by atoms with Crippen LogP contribution in [-0.4, -0.2) is 60.9 Å². The van der Waals surface area contributed by atoms with Crippen molar-refractivity contribution in [3.05, 3.63) is 0 Å². The Labute approximate surface area is 176 Å². The van der Waals surface area contributed by atoms with E-state index in [4.69, 9.17) is 38.9 Å². The summed E-state index contributed by atoms with van der Waals surface area (Å²) in [4.78, 5) is 0. The first-order chi connectivity index (χ1) is 9.75. The summed E-state index contributed by atoms with van der Waals surface area (Å²) in [6, 6.07) is 0. The Hall–Kier alpha value is 0.579. The van der Waals surface area contributed by atoms with E-state index in [0.29, 0.717) is 0 Å². The molecule has 5 N–H and O–H groups in total. The van der Waals surface area contributed by atoms with E-state index in [9.17, 15) is 39.5 Å². The minimum Gasteiger partial charge on any atom is -0.412 e. The molecule has 26 heavy (non-hydrogen) atoms. The number of hydrogen-bond acceptors (Lipinski definition) is 6. The van der Waals surface area contributed by atoms with E-state index in [2.05, 4.69) is 0 Å². The molecule has 0 radical (unpaired) electrons. The topological polar surface area (TPSA) is 195 Å². The van der Waals surface area contributed by atoms with E-state index >= 15 is 0 Å². The Morgan fingerprint density at radius 1 is 0.462 bits per heavy atom. The Morgan fingerprint density at radius 2 is 0.500 bits per heavy atom. The van der Waals surface area contributed by atoms with Gasteiger partial charge in [-0.05, 0) is 0 Å². The molecule has 0 saturated carbocycles. The number of alkyl halides is 9. The predicted octanol–water partition coefficient (Wildman–Crippen LogP) is 0.357. The first kappa shape index (κ1) is 37.3. The van der Waals surface area contributed by atoms with Crippen molar-refractivity contribution in [1.29, 1.82) is 0 Å². The maximum absolute atomic E-state index is 10.7. The molecular weight excluding hydrogens is 636 g/mol. The smallest absolute Gasteiger partial charge is 0.412 e. The monoisotopic (exact) mass is 642 g/mol. The van der Waals surface area contributed by atoms with Crippen LogP contribution in [0.4, 0.5) is 39.5 Å². The molecule has 0 aliphatic heterocycles.